The van der Waals surface area contributed by atoms with Gasteiger partial charge in [0, 0.05) is 25.9 Å². The number of nitrogens with zero attached hydrogens (tertiary/aromatic N) is 4. The van der Waals surface area contributed by atoms with Gasteiger partial charge in [-0.25, -0.2) is 4.98 Å². The van der Waals surface area contributed by atoms with E-state index in [4.69, 9.17) is 13.9 Å². The normalized spacial score (nSPS) is 19.4. The molecule has 160 valence electrons. The highest BCUT2D eigenvalue weighted by atomic mass is 16.5. The summed E-state index contributed by atoms with van der Waals surface area (Å²) < 4.78 is 10.9. The molecule has 8 nitrogen and oxygen atoms in total. The Labute approximate surface area is 176 Å². The number of carbonyl (C=O) groups is 1. The van der Waals surface area contributed by atoms with Crippen molar-refractivity contribution >= 4 is 22.8 Å². The van der Waals surface area contributed by atoms with Crippen molar-refractivity contribution in [2.75, 3.05) is 18.0 Å². The molecule has 1 N–H and O–H groups in total. The molecule has 4 heterocycles. The molecule has 0 bridgehead atoms. The summed E-state index contributed by atoms with van der Waals surface area (Å²) in [4.78, 5) is 24.0. The van der Waals surface area contributed by atoms with Gasteiger partial charge in [-0.2, -0.15) is 4.98 Å². The fourth-order valence-corrected chi connectivity index (χ4v) is 4.27. The smallest absolute Gasteiger partial charge is 0.263 e. The van der Waals surface area contributed by atoms with Crippen molar-refractivity contribution in [3.8, 4) is 0 Å². The van der Waals surface area contributed by atoms with Crippen LogP contribution in [0.15, 0.2) is 21.1 Å². The molecule has 0 aliphatic carbocycles. The molecule has 0 aromatic carbocycles. The van der Waals surface area contributed by atoms with Crippen LogP contribution in [-0.4, -0.2) is 34.1 Å². The van der Waals surface area contributed by atoms with E-state index in [1.54, 1.807) is 0 Å². The molecule has 0 spiro atoms. The predicted molar refractivity (Wildman–Crippen MR) is 113 cm³/mol. The minimum atomic E-state index is -0.0664. The van der Waals surface area contributed by atoms with Gasteiger partial charge in [0.15, 0.2) is 0 Å². The van der Waals surface area contributed by atoms with Crippen LogP contribution >= 0.6 is 0 Å². The van der Waals surface area contributed by atoms with Crippen LogP contribution in [0.1, 0.15) is 49.7 Å². The fourth-order valence-electron chi connectivity index (χ4n) is 4.27. The van der Waals surface area contributed by atoms with Gasteiger partial charge >= 0.3 is 0 Å². The minimum absolute atomic E-state index is 0.0664. The zero-order valence-corrected chi connectivity index (χ0v) is 18.1. The summed E-state index contributed by atoms with van der Waals surface area (Å²) in [6.07, 6.45) is 1.95. The van der Waals surface area contributed by atoms with Crippen LogP contribution in [0.4, 0.5) is 5.82 Å². The number of hydrogen-bond donors (Lipinski definition) is 1. The Morgan fingerprint density at radius 2 is 1.97 bits per heavy atom. The van der Waals surface area contributed by atoms with Crippen molar-refractivity contribution < 1.29 is 13.7 Å². The van der Waals surface area contributed by atoms with Crippen molar-refractivity contribution in [1.29, 1.82) is 0 Å². The lowest BCUT2D eigenvalue weighted by atomic mass is 9.92. The molecule has 2 unspecified atom stereocenters. The maximum Gasteiger partial charge on any atom is 0.263 e. The van der Waals surface area contributed by atoms with E-state index in [0.29, 0.717) is 42.8 Å². The summed E-state index contributed by atoms with van der Waals surface area (Å²) in [6, 6.07) is 3.75. The molecule has 1 aliphatic rings. The van der Waals surface area contributed by atoms with Gasteiger partial charge in [-0.3, -0.25) is 4.79 Å². The van der Waals surface area contributed by atoms with Crippen LogP contribution in [0.5, 0.6) is 0 Å². The molecule has 3 aromatic heterocycles. The van der Waals surface area contributed by atoms with Gasteiger partial charge in [0.2, 0.25) is 5.91 Å². The Morgan fingerprint density at radius 3 is 2.67 bits per heavy atom. The van der Waals surface area contributed by atoms with Gasteiger partial charge in [-0.15, -0.1) is 0 Å². The SMILES string of the molecule is Cc1ccc(CNC(=O)CCc2nc(N3CC(C)CC(C)C3)c3c(C)noc3n2)o1. The number of rotatable bonds is 6. The lowest BCUT2D eigenvalue weighted by Gasteiger charge is -2.36. The van der Waals surface area contributed by atoms with Crippen LogP contribution in [0, 0.1) is 25.7 Å². The van der Waals surface area contributed by atoms with Crippen molar-refractivity contribution in [2.45, 2.75) is 53.5 Å². The molecule has 0 saturated carbocycles. The number of piperidine rings is 1. The standard InChI is InChI=1S/C22H29N5O3/c1-13-9-14(2)12-27(11-13)21-20-16(4)26-30-22(20)25-18(24-21)7-8-19(28)23-10-17-6-5-15(3)29-17/h5-6,13-14H,7-12H2,1-4H3,(H,23,28). The number of hydrogen-bond acceptors (Lipinski definition) is 7. The highest BCUT2D eigenvalue weighted by molar-refractivity contribution is 5.88. The summed E-state index contributed by atoms with van der Waals surface area (Å²) >= 11 is 0. The number of furan rings is 1. The molecule has 4 rings (SSSR count). The maximum absolute atomic E-state index is 12.3. The van der Waals surface area contributed by atoms with E-state index in [1.165, 1.54) is 6.42 Å². The summed E-state index contributed by atoms with van der Waals surface area (Å²) in [5.41, 5.74) is 1.29. The molecule has 1 fully saturated rings. The average molecular weight is 412 g/mol. The summed E-state index contributed by atoms with van der Waals surface area (Å²) in [7, 11) is 0. The number of carbonyl (C=O) groups excluding carboxylic acids is 1. The monoisotopic (exact) mass is 411 g/mol. The van der Waals surface area contributed by atoms with Crippen LogP contribution in [0.3, 0.4) is 0 Å². The second-order valence-corrected chi connectivity index (χ2v) is 8.55. The largest absolute Gasteiger partial charge is 0.465 e. The van der Waals surface area contributed by atoms with Crippen molar-refractivity contribution in [1.82, 2.24) is 20.4 Å². The van der Waals surface area contributed by atoms with Gasteiger partial charge in [0.25, 0.3) is 5.71 Å². The Hall–Kier alpha value is -2.90. The molecule has 2 atom stereocenters. The van der Waals surface area contributed by atoms with E-state index in [0.717, 1.165) is 41.5 Å². The molecular weight excluding hydrogens is 382 g/mol. The molecule has 1 saturated heterocycles. The third-order valence-corrected chi connectivity index (χ3v) is 5.53. The average Bonchev–Trinajstić information content (AvgIpc) is 3.29. The molecule has 1 aliphatic heterocycles. The Morgan fingerprint density at radius 1 is 1.20 bits per heavy atom. The Bertz CT molecular complexity index is 1030. The molecule has 30 heavy (non-hydrogen) atoms. The molecule has 1 amide bonds. The number of aromatic nitrogens is 3. The van der Waals surface area contributed by atoms with E-state index < -0.39 is 0 Å². The van der Waals surface area contributed by atoms with Crippen molar-refractivity contribution in [3.63, 3.8) is 0 Å². The van der Waals surface area contributed by atoms with E-state index in [2.05, 4.69) is 34.2 Å². The molecular formula is C22H29N5O3. The first kappa shape index (κ1) is 20.4. The first-order chi connectivity index (χ1) is 14.4. The topological polar surface area (TPSA) is 97.3 Å². The first-order valence-corrected chi connectivity index (χ1v) is 10.6. The number of aryl methyl sites for hydroxylation is 3. The van der Waals surface area contributed by atoms with Gasteiger partial charge in [0.1, 0.15) is 28.5 Å². The predicted octanol–water partition coefficient (Wildman–Crippen LogP) is 3.56. The quantitative estimate of drug-likeness (QED) is 0.662. The Kier molecular flexibility index (Phi) is 5.74. The van der Waals surface area contributed by atoms with Crippen LogP contribution in [-0.2, 0) is 17.8 Å². The van der Waals surface area contributed by atoms with Gasteiger partial charge in [-0.1, -0.05) is 19.0 Å². The first-order valence-electron chi connectivity index (χ1n) is 10.6. The number of amides is 1. The summed E-state index contributed by atoms with van der Waals surface area (Å²) in [5.74, 6) is 4.17. The zero-order valence-electron chi connectivity index (χ0n) is 18.1. The third kappa shape index (κ3) is 4.47. The van der Waals surface area contributed by atoms with Crippen LogP contribution in [0.25, 0.3) is 11.1 Å². The number of nitrogens with one attached hydrogen (secondary N) is 1. The Balaban J connectivity index is 1.48. The highest BCUT2D eigenvalue weighted by Crippen LogP contribution is 2.31. The van der Waals surface area contributed by atoms with Crippen LogP contribution in [0.2, 0.25) is 0 Å². The van der Waals surface area contributed by atoms with E-state index in [-0.39, 0.29) is 5.91 Å². The van der Waals surface area contributed by atoms with Crippen molar-refractivity contribution in [3.05, 3.63) is 35.2 Å². The fraction of sp³-hybridized carbons (Fsp3) is 0.545. The molecule has 8 heteroatoms. The zero-order chi connectivity index (χ0) is 21.3. The molecule has 0 radical (unpaired) electrons. The summed E-state index contributed by atoms with van der Waals surface area (Å²) in [6.45, 7) is 10.6. The lowest BCUT2D eigenvalue weighted by molar-refractivity contribution is -0.121. The second-order valence-electron chi connectivity index (χ2n) is 8.55. The summed E-state index contributed by atoms with van der Waals surface area (Å²) in [5, 5.41) is 7.85. The lowest BCUT2D eigenvalue weighted by Crippen LogP contribution is -2.39. The van der Waals surface area contributed by atoms with Gasteiger partial charge < -0.3 is 19.2 Å². The van der Waals surface area contributed by atoms with Crippen LogP contribution < -0.4 is 10.2 Å². The maximum atomic E-state index is 12.3. The van der Waals surface area contributed by atoms with Crippen molar-refractivity contribution in [2.24, 2.45) is 11.8 Å². The molecule has 3 aromatic rings. The number of fused-ring (bicyclic) bond motifs is 1. The van der Waals surface area contributed by atoms with E-state index >= 15 is 0 Å². The van der Waals surface area contributed by atoms with E-state index in [9.17, 15) is 4.79 Å². The van der Waals surface area contributed by atoms with E-state index in [1.807, 2.05) is 26.0 Å². The van der Waals surface area contributed by atoms with Gasteiger partial charge in [-0.05, 0) is 44.2 Å². The minimum Gasteiger partial charge on any atom is -0.465 e. The highest BCUT2D eigenvalue weighted by Gasteiger charge is 2.27. The van der Waals surface area contributed by atoms with Gasteiger partial charge in [0.05, 0.1) is 12.2 Å². The number of anilines is 1. The second kappa shape index (κ2) is 8.45. The third-order valence-electron chi connectivity index (χ3n) is 5.53.